The van der Waals surface area contributed by atoms with Gasteiger partial charge in [0.15, 0.2) is 0 Å². The number of alkyl halides is 1. The van der Waals surface area contributed by atoms with Gasteiger partial charge in [-0.1, -0.05) is 0 Å². The van der Waals surface area contributed by atoms with Gasteiger partial charge in [0.1, 0.15) is 0 Å². The van der Waals surface area contributed by atoms with Crippen molar-refractivity contribution < 1.29 is 26.7 Å². The van der Waals surface area contributed by atoms with E-state index in [-0.39, 0.29) is 0 Å². The Morgan fingerprint density at radius 2 is 2.38 bits per heavy atom. The first-order valence-corrected chi connectivity index (χ1v) is 4.70. The van der Waals surface area contributed by atoms with Gasteiger partial charge in [0.05, 0.1) is 0 Å². The summed E-state index contributed by atoms with van der Waals surface area (Å²) in [7, 11) is 3.93. The third kappa shape index (κ3) is 1.85. The zero-order chi connectivity index (χ0) is 6.15. The molecule has 1 aliphatic rings. The summed E-state index contributed by atoms with van der Waals surface area (Å²) in [6.07, 6.45) is 0. The number of hydrogen-bond donors (Lipinski definition) is 0. The van der Waals surface area contributed by atoms with Crippen LogP contribution in [0.4, 0.5) is 0 Å². The zero-order valence-electron chi connectivity index (χ0n) is 5.06. The maximum absolute atomic E-state index is 7.06. The fraction of sp³-hybridized carbons (Fsp3) is 1.00. The molecule has 4 heteroatoms. The van der Waals surface area contributed by atoms with E-state index in [4.69, 9.17) is 5.21 Å². The Morgan fingerprint density at radius 1 is 1.88 bits per heavy atom. The zero-order valence-corrected chi connectivity index (χ0v) is 7.21. The van der Waals surface area contributed by atoms with Gasteiger partial charge in [-0.3, -0.25) is 0 Å². The van der Waals surface area contributed by atoms with Crippen LogP contribution in [-0.4, -0.2) is 38.1 Å². The van der Waals surface area contributed by atoms with Gasteiger partial charge in [-0.15, -0.1) is 0 Å². The Labute approximate surface area is 59.8 Å². The summed E-state index contributed by atoms with van der Waals surface area (Å²) < 4.78 is 3.11. The van der Waals surface area contributed by atoms with Gasteiger partial charge in [-0.05, 0) is 0 Å². The molecule has 1 aliphatic heterocycles. The Morgan fingerprint density at radius 3 is 2.50 bits per heavy atom. The molecule has 8 heavy (non-hydrogen) atoms. The van der Waals surface area contributed by atoms with E-state index < -0.39 is 0 Å². The average molecular weight is 230 g/mol. The predicted octanol–water partition coefficient (Wildman–Crippen LogP) is -4.17. The van der Waals surface area contributed by atoms with Crippen molar-refractivity contribution >= 4 is 0 Å². The molecule has 50 valence electrons. The van der Waals surface area contributed by atoms with Crippen molar-refractivity contribution in [2.45, 2.75) is 4.05 Å². The van der Waals surface area contributed by atoms with E-state index in [1.807, 2.05) is 0 Å². The molecule has 0 saturated carbocycles. The van der Waals surface area contributed by atoms with Crippen molar-refractivity contribution in [3.05, 3.63) is 0 Å². The van der Waals surface area contributed by atoms with E-state index in [9.17, 15) is 0 Å². The van der Waals surface area contributed by atoms with Crippen molar-refractivity contribution in [2.24, 2.45) is 0 Å². The molecule has 1 heterocycles. The molecule has 0 aromatic heterocycles. The van der Waals surface area contributed by atoms with E-state index in [0.29, 0.717) is 21.5 Å². The molecule has 1 saturated heterocycles. The van der Waals surface area contributed by atoms with Gasteiger partial charge in [-0.25, -0.2) is 0 Å². The molecule has 2 unspecified atom stereocenters. The molecule has 0 bridgehead atoms. The first-order chi connectivity index (χ1) is 3.70. The van der Waals surface area contributed by atoms with Crippen LogP contribution in [0.5, 0.6) is 0 Å². The molecule has 0 radical (unpaired) electrons. The molecule has 0 aromatic carbocycles. The second-order valence-electron chi connectivity index (χ2n) is 1.94. The number of nitrogens with zero attached hydrogens (tertiary/aromatic N) is 2. The average Bonchev–Trinajstić information content (AvgIpc) is 2.17. The van der Waals surface area contributed by atoms with Crippen molar-refractivity contribution in [1.82, 2.24) is 8.18 Å². The van der Waals surface area contributed by atoms with Crippen LogP contribution < -0.4 is 21.5 Å². The summed E-state index contributed by atoms with van der Waals surface area (Å²) in [6.45, 7) is 0.934. The normalized spacial score (nSPS) is 37.0. The van der Waals surface area contributed by atoms with E-state index in [1.165, 1.54) is 5.06 Å². The van der Waals surface area contributed by atoms with Crippen molar-refractivity contribution in [3.63, 3.8) is 0 Å². The third-order valence-corrected chi connectivity index (χ3v) is 3.89. The topological polar surface area (TPSA) is 29.1 Å². The number of hydroxylamine groups is 2. The minimum atomic E-state index is 0.349. The van der Waals surface area contributed by atoms with Crippen LogP contribution in [0.15, 0.2) is 0 Å². The van der Waals surface area contributed by atoms with E-state index >= 15 is 0 Å². The fourth-order valence-corrected chi connectivity index (χ4v) is 2.34. The van der Waals surface area contributed by atoms with Gasteiger partial charge in [0.2, 0.25) is 0 Å². The molecule has 0 aliphatic carbocycles. The van der Waals surface area contributed by atoms with Crippen LogP contribution >= 0.6 is 0 Å². The first kappa shape index (κ1) is 6.73. The summed E-state index contributed by atoms with van der Waals surface area (Å²) in [4.78, 5) is 0. The summed E-state index contributed by atoms with van der Waals surface area (Å²) in [5, 5.41) is 8.57. The monoisotopic (exact) mass is 230 g/mol. The predicted molar refractivity (Wildman–Crippen MR) is 27.8 cm³/mol. The van der Waals surface area contributed by atoms with Crippen LogP contribution in [0.1, 0.15) is 0 Å². The molecule has 0 aromatic rings. The Hall–Kier alpha value is 0.610. The SMILES string of the molecule is CN([OH2+])CC1[I-]N1C. The molecule has 1 fully saturated rings. The molecular formula is C4H11IN2O. The molecule has 2 N–H and O–H groups in total. The molecule has 0 spiro atoms. The maximum atomic E-state index is 7.06. The summed E-state index contributed by atoms with van der Waals surface area (Å²) in [5.41, 5.74) is 0. The summed E-state index contributed by atoms with van der Waals surface area (Å²) >= 11 is 0.349. The number of likely N-dealkylation sites (N-methyl/N-ethyl adjacent to an activating group) is 2. The molecule has 3 nitrogen and oxygen atoms in total. The second-order valence-corrected chi connectivity index (χ2v) is 5.45. The molecule has 1 rings (SSSR count). The number of rotatable bonds is 2. The van der Waals surface area contributed by atoms with Crippen molar-refractivity contribution in [1.29, 1.82) is 0 Å². The van der Waals surface area contributed by atoms with Crippen LogP contribution in [0, 0.1) is 0 Å². The van der Waals surface area contributed by atoms with Gasteiger partial charge in [0.25, 0.3) is 0 Å². The second kappa shape index (κ2) is 2.47. The Bertz CT molecular complexity index is 88.1. The Kier molecular flexibility index (Phi) is 2.07. The first-order valence-electron chi connectivity index (χ1n) is 2.49. The standard InChI is InChI=1S/C4H10IN2O/c1-6(8)3-4-5-7(4)2/h4,8H,3H2,1-2H3/q-1/p+1. The van der Waals surface area contributed by atoms with Gasteiger partial charge < -0.3 is 0 Å². The molecular weight excluding hydrogens is 219 g/mol. The van der Waals surface area contributed by atoms with Crippen molar-refractivity contribution in [2.75, 3.05) is 20.6 Å². The number of halogens is 1. The third-order valence-electron chi connectivity index (χ3n) is 1.04. The van der Waals surface area contributed by atoms with Crippen LogP contribution in [-0.2, 0) is 0 Å². The van der Waals surface area contributed by atoms with Gasteiger partial charge in [0, 0.05) is 0 Å². The van der Waals surface area contributed by atoms with Gasteiger partial charge in [-0.2, -0.15) is 0 Å². The fourth-order valence-electron chi connectivity index (χ4n) is 0.522. The van der Waals surface area contributed by atoms with E-state index in [1.54, 1.807) is 7.05 Å². The number of hydrogen-bond acceptors (Lipinski definition) is 2. The quantitative estimate of drug-likeness (QED) is 0.0916. The summed E-state index contributed by atoms with van der Waals surface area (Å²) in [5.74, 6) is 0. The summed E-state index contributed by atoms with van der Waals surface area (Å²) in [6, 6.07) is 0. The van der Waals surface area contributed by atoms with E-state index in [2.05, 4.69) is 10.2 Å². The minimum absolute atomic E-state index is 0.349. The van der Waals surface area contributed by atoms with Crippen LogP contribution in [0.2, 0.25) is 0 Å². The van der Waals surface area contributed by atoms with Crippen LogP contribution in [0.25, 0.3) is 0 Å². The Balaban J connectivity index is 2.05. The van der Waals surface area contributed by atoms with Crippen LogP contribution in [0.3, 0.4) is 0 Å². The van der Waals surface area contributed by atoms with E-state index in [0.717, 1.165) is 10.6 Å². The molecule has 2 atom stereocenters. The molecule has 0 amide bonds. The van der Waals surface area contributed by atoms with Gasteiger partial charge >= 0.3 is 59.6 Å². The van der Waals surface area contributed by atoms with Crippen molar-refractivity contribution in [3.8, 4) is 0 Å².